The maximum absolute atomic E-state index is 13.1. The number of nitrogens with one attached hydrogen (secondary N) is 1. The summed E-state index contributed by atoms with van der Waals surface area (Å²) in [6.45, 7) is 1.95. The minimum Gasteiger partial charge on any atom is -0.306 e. The summed E-state index contributed by atoms with van der Waals surface area (Å²) in [5.74, 6) is -0.399. The number of rotatable bonds is 1. The average Bonchev–Trinajstić information content (AvgIpc) is 2.81. The highest BCUT2D eigenvalue weighted by Crippen LogP contribution is 2.16. The number of carbonyl (C=O) groups is 1. The Hall–Kier alpha value is -2.69. The van der Waals surface area contributed by atoms with Gasteiger partial charge in [0.1, 0.15) is 5.82 Å². The van der Waals surface area contributed by atoms with Gasteiger partial charge in [-0.15, -0.1) is 0 Å². The normalized spacial score (nSPS) is 10.7. The minimum atomic E-state index is -0.420. The minimum absolute atomic E-state index is 0.395. The molecule has 0 aliphatic heterocycles. The number of anilines is 1. The van der Waals surface area contributed by atoms with Crippen molar-refractivity contribution >= 4 is 22.6 Å². The summed E-state index contributed by atoms with van der Waals surface area (Å²) < 4.78 is 14.4. The van der Waals surface area contributed by atoms with E-state index in [4.69, 9.17) is 0 Å². The predicted octanol–water partition coefficient (Wildman–Crippen LogP) is 3.56. The third-order valence-corrected chi connectivity index (χ3v) is 2.99. The Kier molecular flexibility index (Phi) is 2.95. The van der Waals surface area contributed by atoms with Crippen LogP contribution < -0.4 is 5.32 Å². The molecule has 1 aromatic heterocycles. The van der Waals surface area contributed by atoms with E-state index in [0.29, 0.717) is 5.69 Å². The SMILES string of the molecule is Cc1ccc2cnn(C(=O)Nc3cccc(F)c3)c2c1. The Bertz CT molecular complexity index is 795. The Balaban J connectivity index is 1.94. The number of nitrogens with zero attached hydrogens (tertiary/aromatic N) is 2. The van der Waals surface area contributed by atoms with Crippen LogP contribution in [0.15, 0.2) is 48.7 Å². The Morgan fingerprint density at radius 3 is 2.90 bits per heavy atom. The third kappa shape index (κ3) is 2.25. The number of fused-ring (bicyclic) bond motifs is 1. The molecule has 1 amide bonds. The van der Waals surface area contributed by atoms with Crippen molar-refractivity contribution < 1.29 is 9.18 Å². The summed E-state index contributed by atoms with van der Waals surface area (Å²) in [6, 6.07) is 11.1. The first-order valence-corrected chi connectivity index (χ1v) is 6.15. The van der Waals surface area contributed by atoms with Gasteiger partial charge in [-0.2, -0.15) is 9.78 Å². The summed E-state index contributed by atoms with van der Waals surface area (Å²) in [7, 11) is 0. The molecule has 1 heterocycles. The molecule has 5 heteroatoms. The first kappa shape index (κ1) is 12.3. The standard InChI is InChI=1S/C15H12FN3O/c1-10-5-6-11-9-17-19(14(11)7-10)15(20)18-13-4-2-3-12(16)8-13/h2-9H,1H3,(H,18,20). The first-order chi connectivity index (χ1) is 9.63. The van der Waals surface area contributed by atoms with Gasteiger partial charge < -0.3 is 5.32 Å². The molecule has 20 heavy (non-hydrogen) atoms. The summed E-state index contributed by atoms with van der Waals surface area (Å²) in [5.41, 5.74) is 2.16. The fraction of sp³-hybridized carbons (Fsp3) is 0.0667. The highest BCUT2D eigenvalue weighted by atomic mass is 19.1. The van der Waals surface area contributed by atoms with Crippen LogP contribution >= 0.6 is 0 Å². The van der Waals surface area contributed by atoms with E-state index in [-0.39, 0.29) is 0 Å². The van der Waals surface area contributed by atoms with Gasteiger partial charge in [0.15, 0.2) is 0 Å². The Labute approximate surface area is 114 Å². The molecular weight excluding hydrogens is 257 g/mol. The van der Waals surface area contributed by atoms with Crippen LogP contribution in [-0.2, 0) is 0 Å². The molecular formula is C15H12FN3O. The number of amides is 1. The third-order valence-electron chi connectivity index (χ3n) is 2.99. The number of aromatic nitrogens is 2. The molecule has 0 saturated carbocycles. The van der Waals surface area contributed by atoms with Gasteiger partial charge in [-0.1, -0.05) is 18.2 Å². The van der Waals surface area contributed by atoms with Crippen molar-refractivity contribution in [2.24, 2.45) is 0 Å². The van der Waals surface area contributed by atoms with Crippen LogP contribution in [0.3, 0.4) is 0 Å². The van der Waals surface area contributed by atoms with E-state index in [1.807, 2.05) is 25.1 Å². The molecule has 0 atom stereocenters. The lowest BCUT2D eigenvalue weighted by Gasteiger charge is -2.06. The molecule has 0 aliphatic rings. The van der Waals surface area contributed by atoms with E-state index in [0.717, 1.165) is 16.5 Å². The molecule has 3 rings (SSSR count). The second-order valence-corrected chi connectivity index (χ2v) is 4.56. The van der Waals surface area contributed by atoms with Crippen molar-refractivity contribution in [3.63, 3.8) is 0 Å². The lowest BCUT2D eigenvalue weighted by molar-refractivity contribution is 0.252. The van der Waals surface area contributed by atoms with Gasteiger partial charge in [-0.3, -0.25) is 0 Å². The van der Waals surface area contributed by atoms with Crippen LogP contribution in [0.1, 0.15) is 5.56 Å². The van der Waals surface area contributed by atoms with Gasteiger partial charge in [-0.25, -0.2) is 9.18 Å². The zero-order chi connectivity index (χ0) is 14.1. The summed E-state index contributed by atoms with van der Waals surface area (Å²) in [4.78, 5) is 12.2. The van der Waals surface area contributed by atoms with Gasteiger partial charge in [0.05, 0.1) is 11.7 Å². The second-order valence-electron chi connectivity index (χ2n) is 4.56. The van der Waals surface area contributed by atoms with E-state index >= 15 is 0 Å². The predicted molar refractivity (Wildman–Crippen MR) is 75.3 cm³/mol. The van der Waals surface area contributed by atoms with Crippen LogP contribution in [0.25, 0.3) is 10.9 Å². The van der Waals surface area contributed by atoms with Crippen LogP contribution in [0, 0.1) is 12.7 Å². The maximum Gasteiger partial charge on any atom is 0.347 e. The second kappa shape index (κ2) is 4.77. The smallest absolute Gasteiger partial charge is 0.306 e. The number of aryl methyl sites for hydroxylation is 1. The van der Waals surface area contributed by atoms with Crippen LogP contribution in [0.2, 0.25) is 0 Å². The number of benzene rings is 2. The lowest BCUT2D eigenvalue weighted by Crippen LogP contribution is -2.20. The fourth-order valence-electron chi connectivity index (χ4n) is 2.03. The largest absolute Gasteiger partial charge is 0.347 e. The van der Waals surface area contributed by atoms with Crippen LogP contribution in [0.5, 0.6) is 0 Å². The van der Waals surface area contributed by atoms with Gasteiger partial charge in [0.2, 0.25) is 0 Å². The monoisotopic (exact) mass is 269 g/mol. The summed E-state index contributed by atoms with van der Waals surface area (Å²) in [5, 5.41) is 7.56. The molecule has 2 aromatic carbocycles. The molecule has 0 radical (unpaired) electrons. The van der Waals surface area contributed by atoms with Crippen molar-refractivity contribution in [2.75, 3.05) is 5.32 Å². The Morgan fingerprint density at radius 1 is 1.25 bits per heavy atom. The van der Waals surface area contributed by atoms with E-state index in [9.17, 15) is 9.18 Å². The molecule has 0 bridgehead atoms. The fourth-order valence-corrected chi connectivity index (χ4v) is 2.03. The quantitative estimate of drug-likeness (QED) is 0.734. The first-order valence-electron chi connectivity index (χ1n) is 6.15. The molecule has 4 nitrogen and oxygen atoms in total. The van der Waals surface area contributed by atoms with Crippen molar-refractivity contribution in [1.29, 1.82) is 0 Å². The topological polar surface area (TPSA) is 46.9 Å². The maximum atomic E-state index is 13.1. The molecule has 0 saturated heterocycles. The summed E-state index contributed by atoms with van der Waals surface area (Å²) >= 11 is 0. The van der Waals surface area contributed by atoms with Gasteiger partial charge in [0.25, 0.3) is 0 Å². The van der Waals surface area contributed by atoms with Gasteiger partial charge in [0, 0.05) is 11.1 Å². The van der Waals surface area contributed by atoms with Crippen LogP contribution in [0.4, 0.5) is 14.9 Å². The van der Waals surface area contributed by atoms with E-state index < -0.39 is 11.8 Å². The number of halogens is 1. The van der Waals surface area contributed by atoms with Gasteiger partial charge >= 0.3 is 6.03 Å². The molecule has 0 fully saturated rings. The zero-order valence-corrected chi connectivity index (χ0v) is 10.8. The highest BCUT2D eigenvalue weighted by Gasteiger charge is 2.11. The number of carbonyl (C=O) groups excluding carboxylic acids is 1. The van der Waals surface area contributed by atoms with Crippen molar-refractivity contribution in [3.05, 3.63) is 60.0 Å². The van der Waals surface area contributed by atoms with E-state index in [1.165, 1.54) is 22.9 Å². The molecule has 0 aliphatic carbocycles. The molecule has 3 aromatic rings. The number of hydrogen-bond acceptors (Lipinski definition) is 2. The highest BCUT2D eigenvalue weighted by molar-refractivity contribution is 5.97. The van der Waals surface area contributed by atoms with Crippen molar-refractivity contribution in [3.8, 4) is 0 Å². The Morgan fingerprint density at radius 2 is 2.10 bits per heavy atom. The molecule has 0 spiro atoms. The van der Waals surface area contributed by atoms with E-state index in [1.54, 1.807) is 12.3 Å². The average molecular weight is 269 g/mol. The van der Waals surface area contributed by atoms with E-state index in [2.05, 4.69) is 10.4 Å². The molecule has 0 unspecified atom stereocenters. The van der Waals surface area contributed by atoms with Crippen molar-refractivity contribution in [1.82, 2.24) is 9.78 Å². The number of hydrogen-bond donors (Lipinski definition) is 1. The van der Waals surface area contributed by atoms with Gasteiger partial charge in [-0.05, 0) is 36.8 Å². The van der Waals surface area contributed by atoms with Crippen LogP contribution in [-0.4, -0.2) is 15.8 Å². The zero-order valence-electron chi connectivity index (χ0n) is 10.8. The van der Waals surface area contributed by atoms with Crippen molar-refractivity contribution in [2.45, 2.75) is 6.92 Å². The molecule has 100 valence electrons. The molecule has 1 N–H and O–H groups in total. The summed E-state index contributed by atoms with van der Waals surface area (Å²) in [6.07, 6.45) is 1.62. The lowest BCUT2D eigenvalue weighted by atomic mass is 10.2.